The molecule has 2 aromatic rings. The van der Waals surface area contributed by atoms with Crippen LogP contribution in [0.1, 0.15) is 31.9 Å². The van der Waals surface area contributed by atoms with Crippen molar-refractivity contribution in [2.45, 2.75) is 39.5 Å². The normalized spacial score (nSPS) is 11.4. The molecule has 24 heavy (non-hydrogen) atoms. The van der Waals surface area contributed by atoms with Crippen LogP contribution in [0.4, 0.5) is 10.6 Å². The topological polar surface area (TPSA) is 79.0 Å². The third-order valence-corrected chi connectivity index (χ3v) is 4.20. The molecule has 0 saturated carbocycles. The number of carbonyl (C=O) groups is 1. The Morgan fingerprint density at radius 2 is 2.12 bits per heavy atom. The van der Waals surface area contributed by atoms with Crippen LogP contribution in [-0.4, -0.2) is 21.9 Å². The lowest BCUT2D eigenvalue weighted by molar-refractivity contribution is 0.0635. The summed E-state index contributed by atoms with van der Waals surface area (Å²) in [6.45, 7) is 6.61. The molecule has 6 nitrogen and oxygen atoms in total. The Bertz CT molecular complexity index is 712. The summed E-state index contributed by atoms with van der Waals surface area (Å²) in [5.74, 6) is 0.519. The molecule has 0 radical (unpaired) electrons. The molecule has 0 unspecified atom stereocenters. The van der Waals surface area contributed by atoms with Gasteiger partial charge in [-0.2, -0.15) is 5.10 Å². The molecule has 1 heterocycles. The van der Waals surface area contributed by atoms with Crippen molar-refractivity contribution in [1.82, 2.24) is 15.5 Å². The molecule has 1 aromatic carbocycles. The number of carbonyl (C=O) groups excluding carboxylic acids is 1. The molecular formula is C16H20BrClN4O2. The van der Waals surface area contributed by atoms with Gasteiger partial charge in [0.05, 0.1) is 11.2 Å². The summed E-state index contributed by atoms with van der Waals surface area (Å²) in [5.41, 5.74) is 1.35. The van der Waals surface area contributed by atoms with E-state index >= 15 is 0 Å². The van der Waals surface area contributed by atoms with E-state index in [1.807, 2.05) is 39.0 Å². The summed E-state index contributed by atoms with van der Waals surface area (Å²) in [5, 5.41) is 13.3. The standard InChI is InChI=1S/C16H20BrClN4O2/c1-16(2,3)24-15(23)21-14-11(9-20-22-14)8-19-7-10-4-5-12(17)13(18)6-10/h4-6,9,19H,7-8H2,1-3H3,(H2,20,21,22,23). The van der Waals surface area contributed by atoms with Gasteiger partial charge in [0.1, 0.15) is 11.4 Å². The number of amides is 1. The zero-order valence-electron chi connectivity index (χ0n) is 13.7. The van der Waals surface area contributed by atoms with Gasteiger partial charge in [-0.05, 0) is 54.4 Å². The van der Waals surface area contributed by atoms with Gasteiger partial charge >= 0.3 is 6.09 Å². The van der Waals surface area contributed by atoms with Crippen molar-refractivity contribution in [3.05, 3.63) is 45.0 Å². The SMILES string of the molecule is CC(C)(C)OC(=O)Nc1[nH]ncc1CNCc1ccc(Br)c(Cl)c1. The van der Waals surface area contributed by atoms with Gasteiger partial charge in [-0.1, -0.05) is 17.7 Å². The van der Waals surface area contributed by atoms with Gasteiger partial charge < -0.3 is 10.1 Å². The number of hydrogen-bond donors (Lipinski definition) is 3. The minimum Gasteiger partial charge on any atom is -0.444 e. The number of rotatable bonds is 5. The lowest BCUT2D eigenvalue weighted by Gasteiger charge is -2.19. The fourth-order valence-electron chi connectivity index (χ4n) is 1.95. The molecule has 0 saturated heterocycles. The molecule has 0 aliphatic heterocycles. The lowest BCUT2D eigenvalue weighted by Crippen LogP contribution is -2.27. The molecule has 0 aliphatic rings. The maximum atomic E-state index is 11.8. The second-order valence-electron chi connectivity index (χ2n) is 6.25. The molecule has 0 spiro atoms. The van der Waals surface area contributed by atoms with Gasteiger partial charge in [0.15, 0.2) is 0 Å². The van der Waals surface area contributed by atoms with E-state index in [4.69, 9.17) is 16.3 Å². The highest BCUT2D eigenvalue weighted by molar-refractivity contribution is 9.10. The van der Waals surface area contributed by atoms with E-state index in [1.54, 1.807) is 6.20 Å². The highest BCUT2D eigenvalue weighted by Gasteiger charge is 2.17. The summed E-state index contributed by atoms with van der Waals surface area (Å²) in [7, 11) is 0. The maximum Gasteiger partial charge on any atom is 0.413 e. The van der Waals surface area contributed by atoms with Crippen LogP contribution in [0.25, 0.3) is 0 Å². The molecule has 3 N–H and O–H groups in total. The number of halogens is 2. The van der Waals surface area contributed by atoms with Crippen molar-refractivity contribution >= 4 is 39.4 Å². The molecule has 0 aliphatic carbocycles. The Labute approximate surface area is 154 Å². The summed E-state index contributed by atoms with van der Waals surface area (Å²) in [6.07, 6.45) is 1.14. The number of aromatic nitrogens is 2. The number of nitrogens with one attached hydrogen (secondary N) is 3. The molecule has 1 aromatic heterocycles. The highest BCUT2D eigenvalue weighted by Crippen LogP contribution is 2.23. The van der Waals surface area contributed by atoms with E-state index in [9.17, 15) is 4.79 Å². The fourth-order valence-corrected chi connectivity index (χ4v) is 2.40. The number of H-pyrrole nitrogens is 1. The Morgan fingerprint density at radius 3 is 2.79 bits per heavy atom. The Kier molecular flexibility index (Phi) is 6.26. The van der Waals surface area contributed by atoms with Crippen molar-refractivity contribution in [1.29, 1.82) is 0 Å². The summed E-state index contributed by atoms with van der Waals surface area (Å²) < 4.78 is 6.09. The smallest absolute Gasteiger partial charge is 0.413 e. The summed E-state index contributed by atoms with van der Waals surface area (Å²) in [6, 6.07) is 5.79. The average molecular weight is 416 g/mol. The first-order valence-electron chi connectivity index (χ1n) is 7.41. The first kappa shape index (κ1) is 18.8. The lowest BCUT2D eigenvalue weighted by atomic mass is 10.2. The molecule has 0 fully saturated rings. The molecule has 0 atom stereocenters. The number of nitrogens with zero attached hydrogens (tertiary/aromatic N) is 1. The van der Waals surface area contributed by atoms with Crippen molar-refractivity contribution in [3.63, 3.8) is 0 Å². The molecule has 0 bridgehead atoms. The average Bonchev–Trinajstić information content (AvgIpc) is 2.88. The summed E-state index contributed by atoms with van der Waals surface area (Å²) >= 11 is 9.44. The van der Waals surface area contributed by atoms with Crippen molar-refractivity contribution in [2.75, 3.05) is 5.32 Å². The largest absolute Gasteiger partial charge is 0.444 e. The van der Waals surface area contributed by atoms with E-state index in [-0.39, 0.29) is 0 Å². The Balaban J connectivity index is 1.88. The minimum absolute atomic E-state index is 0.519. The molecule has 130 valence electrons. The van der Waals surface area contributed by atoms with E-state index in [2.05, 4.69) is 36.8 Å². The highest BCUT2D eigenvalue weighted by atomic mass is 79.9. The van der Waals surface area contributed by atoms with Crippen LogP contribution in [0.3, 0.4) is 0 Å². The number of benzene rings is 1. The number of ether oxygens (including phenoxy) is 1. The molecule has 8 heteroatoms. The van der Waals surface area contributed by atoms with E-state index < -0.39 is 11.7 Å². The summed E-state index contributed by atoms with van der Waals surface area (Å²) in [4.78, 5) is 11.8. The monoisotopic (exact) mass is 414 g/mol. The van der Waals surface area contributed by atoms with E-state index in [1.165, 1.54) is 0 Å². The van der Waals surface area contributed by atoms with Crippen molar-refractivity contribution < 1.29 is 9.53 Å². The van der Waals surface area contributed by atoms with Gasteiger partial charge in [0.2, 0.25) is 0 Å². The van der Waals surface area contributed by atoms with Crippen molar-refractivity contribution in [3.8, 4) is 0 Å². The molecule has 1 amide bonds. The Hall–Kier alpha value is -1.57. The predicted molar refractivity (Wildman–Crippen MR) is 98.1 cm³/mol. The number of anilines is 1. The number of aromatic amines is 1. The van der Waals surface area contributed by atoms with Crippen LogP contribution in [0.15, 0.2) is 28.9 Å². The first-order valence-corrected chi connectivity index (χ1v) is 8.58. The van der Waals surface area contributed by atoms with Crippen LogP contribution in [0.2, 0.25) is 5.02 Å². The second-order valence-corrected chi connectivity index (χ2v) is 7.51. The van der Waals surface area contributed by atoms with Crippen molar-refractivity contribution in [2.24, 2.45) is 0 Å². The first-order chi connectivity index (χ1) is 11.2. The molecular weight excluding hydrogens is 396 g/mol. The van der Waals surface area contributed by atoms with Gasteiger partial charge in [-0.25, -0.2) is 4.79 Å². The number of hydrogen-bond acceptors (Lipinski definition) is 4. The van der Waals surface area contributed by atoms with Crippen LogP contribution < -0.4 is 10.6 Å². The maximum absolute atomic E-state index is 11.8. The zero-order chi connectivity index (χ0) is 17.7. The van der Waals surface area contributed by atoms with Gasteiger partial charge in [0.25, 0.3) is 0 Å². The zero-order valence-corrected chi connectivity index (χ0v) is 16.1. The van der Waals surface area contributed by atoms with Crippen LogP contribution in [0.5, 0.6) is 0 Å². The fraction of sp³-hybridized carbons (Fsp3) is 0.375. The minimum atomic E-state index is -0.552. The van der Waals surface area contributed by atoms with Gasteiger partial charge in [-0.3, -0.25) is 10.4 Å². The molecule has 2 rings (SSSR count). The van der Waals surface area contributed by atoms with Crippen LogP contribution in [0, 0.1) is 0 Å². The second kappa shape index (κ2) is 8.00. The quantitative estimate of drug-likeness (QED) is 0.673. The third-order valence-electron chi connectivity index (χ3n) is 2.97. The Morgan fingerprint density at radius 1 is 1.38 bits per heavy atom. The van der Waals surface area contributed by atoms with E-state index in [0.29, 0.717) is 23.9 Å². The van der Waals surface area contributed by atoms with Gasteiger partial charge in [0, 0.05) is 23.1 Å². The van der Waals surface area contributed by atoms with Gasteiger partial charge in [-0.15, -0.1) is 0 Å². The third kappa shape index (κ3) is 5.81. The van der Waals surface area contributed by atoms with E-state index in [0.717, 1.165) is 15.6 Å². The van der Waals surface area contributed by atoms with Crippen LogP contribution in [-0.2, 0) is 17.8 Å². The predicted octanol–water partition coefficient (Wildman–Crippen LogP) is 4.46. The van der Waals surface area contributed by atoms with Crippen LogP contribution >= 0.6 is 27.5 Å².